The lowest BCUT2D eigenvalue weighted by Crippen LogP contribution is -2.30. The molecule has 17 nitrogen and oxygen atoms in total. The predicted molar refractivity (Wildman–Crippen MR) is 455 cm³/mol. The van der Waals surface area contributed by atoms with Crippen LogP contribution in [0.15, 0.2) is 0 Å². The molecule has 2 unspecified atom stereocenters. The van der Waals surface area contributed by atoms with E-state index in [1.165, 1.54) is 308 Å². The van der Waals surface area contributed by atoms with Crippen LogP contribution < -0.4 is 0 Å². The van der Waals surface area contributed by atoms with Crippen molar-refractivity contribution in [3.8, 4) is 0 Å². The molecule has 654 valence electrons. The second-order valence-electron chi connectivity index (χ2n) is 33.6. The number of hydrogen-bond acceptors (Lipinski definition) is 15. The van der Waals surface area contributed by atoms with Crippen LogP contribution in [0.5, 0.6) is 0 Å². The van der Waals surface area contributed by atoms with Crippen LogP contribution in [0.2, 0.25) is 0 Å². The van der Waals surface area contributed by atoms with Crippen molar-refractivity contribution >= 4 is 39.5 Å². The quantitative estimate of drug-likeness (QED) is 0.0222. The summed E-state index contributed by atoms with van der Waals surface area (Å²) in [7, 11) is -9.93. The fourth-order valence-corrected chi connectivity index (χ4v) is 15.9. The van der Waals surface area contributed by atoms with Gasteiger partial charge in [0.1, 0.15) is 19.3 Å². The van der Waals surface area contributed by atoms with E-state index in [9.17, 15) is 43.2 Å². The Hall–Kier alpha value is -1.94. The Balaban J connectivity index is 5.23. The Kier molecular flexibility index (Phi) is 80.7. The van der Waals surface area contributed by atoms with E-state index in [1.807, 2.05) is 0 Å². The number of hydrogen-bond donors (Lipinski definition) is 3. The van der Waals surface area contributed by atoms with Crippen LogP contribution in [-0.4, -0.2) is 96.7 Å². The molecule has 0 aliphatic carbocycles. The first-order valence-electron chi connectivity index (χ1n) is 47.0. The molecule has 110 heavy (non-hydrogen) atoms. The highest BCUT2D eigenvalue weighted by Gasteiger charge is 2.31. The van der Waals surface area contributed by atoms with Gasteiger partial charge in [0.15, 0.2) is 12.2 Å². The number of phosphoric ester groups is 2. The van der Waals surface area contributed by atoms with E-state index in [0.29, 0.717) is 25.7 Å². The van der Waals surface area contributed by atoms with Crippen molar-refractivity contribution in [1.29, 1.82) is 0 Å². The van der Waals surface area contributed by atoms with Gasteiger partial charge in [-0.25, -0.2) is 9.13 Å². The maximum atomic E-state index is 13.2. The van der Waals surface area contributed by atoms with Crippen LogP contribution in [0.1, 0.15) is 491 Å². The van der Waals surface area contributed by atoms with E-state index in [1.54, 1.807) is 0 Å². The first-order valence-corrected chi connectivity index (χ1v) is 50.0. The number of esters is 4. The second-order valence-corrected chi connectivity index (χ2v) is 36.6. The van der Waals surface area contributed by atoms with Crippen LogP contribution in [0.3, 0.4) is 0 Å². The summed E-state index contributed by atoms with van der Waals surface area (Å²) < 4.78 is 69.1. The van der Waals surface area contributed by atoms with Gasteiger partial charge in [0, 0.05) is 25.7 Å². The van der Waals surface area contributed by atoms with Gasteiger partial charge in [-0.1, -0.05) is 440 Å². The highest BCUT2D eigenvalue weighted by Crippen LogP contribution is 2.45. The third-order valence-corrected chi connectivity index (χ3v) is 23.4. The lowest BCUT2D eigenvalue weighted by atomic mass is 10.0. The van der Waals surface area contributed by atoms with Crippen LogP contribution in [0.25, 0.3) is 0 Å². The predicted octanol–water partition coefficient (Wildman–Crippen LogP) is 28.2. The van der Waals surface area contributed by atoms with E-state index >= 15 is 0 Å². The number of unbranched alkanes of at least 4 members (excludes halogenated alkanes) is 60. The molecule has 0 aromatic carbocycles. The normalized spacial score (nSPS) is 13.7. The monoisotopic (exact) mass is 1610 g/mol. The van der Waals surface area contributed by atoms with Crippen molar-refractivity contribution in [1.82, 2.24) is 0 Å². The minimum absolute atomic E-state index is 0.108. The molecule has 0 aliphatic heterocycles. The third-order valence-electron chi connectivity index (χ3n) is 21.5. The SMILES string of the molecule is CCCCCCCCCCCCCCCCCCCCCCCCC(=O)O[C@H](COC(=O)CCCCCCCCCCCCCCCCCCCCC(C)C)COP(=O)(O)OC[C@@H](O)COP(=O)(O)OC[C@@H](COC(=O)CCCCCCCCCCCCCC)OC(=O)CCCCCCCCCCCCCCC(C)C. The summed E-state index contributed by atoms with van der Waals surface area (Å²) in [6.07, 6.45) is 76.5. The van der Waals surface area contributed by atoms with Crippen molar-refractivity contribution in [3.05, 3.63) is 0 Å². The zero-order valence-corrected chi connectivity index (χ0v) is 74.4. The Labute approximate surface area is 677 Å². The molecule has 0 rings (SSSR count). The average Bonchev–Trinajstić information content (AvgIpc) is 0.899. The Bertz CT molecular complexity index is 2100. The molecule has 3 N–H and O–H groups in total. The molecule has 0 amide bonds. The molecule has 0 heterocycles. The Morgan fingerprint density at radius 2 is 0.418 bits per heavy atom. The van der Waals surface area contributed by atoms with Crippen molar-refractivity contribution < 1.29 is 80.2 Å². The molecule has 0 fully saturated rings. The number of aliphatic hydroxyl groups excluding tert-OH is 1. The largest absolute Gasteiger partial charge is 0.472 e. The first kappa shape index (κ1) is 108. The summed E-state index contributed by atoms with van der Waals surface area (Å²) >= 11 is 0. The summed E-state index contributed by atoms with van der Waals surface area (Å²) in [5.74, 6) is -0.496. The molecule has 0 aromatic heterocycles. The molecule has 0 spiro atoms. The van der Waals surface area contributed by atoms with E-state index < -0.39 is 97.5 Å². The summed E-state index contributed by atoms with van der Waals surface area (Å²) in [6.45, 7) is 9.75. The van der Waals surface area contributed by atoms with Gasteiger partial charge in [0.05, 0.1) is 26.4 Å². The van der Waals surface area contributed by atoms with Gasteiger partial charge >= 0.3 is 39.5 Å². The zero-order valence-electron chi connectivity index (χ0n) is 72.6. The Morgan fingerprint density at radius 3 is 0.618 bits per heavy atom. The van der Waals surface area contributed by atoms with Gasteiger partial charge in [-0.3, -0.25) is 37.3 Å². The fourth-order valence-electron chi connectivity index (χ4n) is 14.3. The topological polar surface area (TPSA) is 237 Å². The maximum absolute atomic E-state index is 13.2. The lowest BCUT2D eigenvalue weighted by molar-refractivity contribution is -0.161. The standard InChI is InChI=1S/C91H178O17P2/c1-7-9-11-13-15-17-19-21-22-23-24-25-26-27-32-35-38-45-51-57-63-69-75-90(95)107-87(80-102-89(94)74-68-62-56-50-44-37-34-31-29-28-30-33-36-41-47-53-59-65-71-83(3)4)82-106-110(99,100)104-78-85(92)77-103-109(97,98)105-81-86(79-101-88(93)73-67-61-55-49-43-20-18-16-14-12-10-8-2)108-91(96)76-70-64-58-52-46-40-39-42-48-54-60-66-72-84(5)6/h83-87,92H,7-82H2,1-6H3,(H,97,98)(H,99,100)/t85-,86+,87+/m0/s1. The Morgan fingerprint density at radius 1 is 0.245 bits per heavy atom. The van der Waals surface area contributed by atoms with Gasteiger partial charge in [0.25, 0.3) is 0 Å². The molecule has 0 saturated carbocycles. The van der Waals surface area contributed by atoms with Crippen molar-refractivity contribution in [2.24, 2.45) is 11.8 Å². The van der Waals surface area contributed by atoms with E-state index in [-0.39, 0.29) is 25.7 Å². The van der Waals surface area contributed by atoms with Crippen molar-refractivity contribution in [2.45, 2.75) is 509 Å². The summed E-state index contributed by atoms with van der Waals surface area (Å²) in [5, 5.41) is 10.7. The molecule has 5 atom stereocenters. The molecule has 0 bridgehead atoms. The number of phosphoric acid groups is 2. The summed E-state index contributed by atoms with van der Waals surface area (Å²) in [5.41, 5.74) is 0. The molecule has 0 radical (unpaired) electrons. The van der Waals surface area contributed by atoms with Crippen LogP contribution in [-0.2, 0) is 65.4 Å². The van der Waals surface area contributed by atoms with Crippen molar-refractivity contribution in [3.63, 3.8) is 0 Å². The van der Waals surface area contributed by atoms with Gasteiger partial charge in [-0.2, -0.15) is 0 Å². The molecule has 0 saturated heterocycles. The van der Waals surface area contributed by atoms with E-state index in [4.69, 9.17) is 37.0 Å². The number of ether oxygens (including phenoxy) is 4. The van der Waals surface area contributed by atoms with Gasteiger partial charge in [-0.15, -0.1) is 0 Å². The molecule has 19 heteroatoms. The highest BCUT2D eigenvalue weighted by molar-refractivity contribution is 7.47. The molecule has 0 aliphatic rings. The van der Waals surface area contributed by atoms with Crippen LogP contribution >= 0.6 is 15.6 Å². The van der Waals surface area contributed by atoms with Crippen molar-refractivity contribution in [2.75, 3.05) is 39.6 Å². The number of aliphatic hydroxyl groups is 1. The second kappa shape index (κ2) is 82.2. The summed E-state index contributed by atoms with van der Waals surface area (Å²) in [4.78, 5) is 73.4. The molecular formula is C91H178O17P2. The molecular weight excluding hydrogens is 1430 g/mol. The third kappa shape index (κ3) is 84.0. The first-order chi connectivity index (χ1) is 53.4. The van der Waals surface area contributed by atoms with E-state index in [0.717, 1.165) is 102 Å². The minimum atomic E-state index is -4.97. The van der Waals surface area contributed by atoms with Gasteiger partial charge in [-0.05, 0) is 37.5 Å². The smallest absolute Gasteiger partial charge is 0.462 e. The maximum Gasteiger partial charge on any atom is 0.472 e. The lowest BCUT2D eigenvalue weighted by Gasteiger charge is -2.21. The van der Waals surface area contributed by atoms with Gasteiger partial charge < -0.3 is 33.8 Å². The highest BCUT2D eigenvalue weighted by atomic mass is 31.2. The number of rotatable bonds is 90. The average molecular weight is 1610 g/mol. The van der Waals surface area contributed by atoms with Crippen LogP contribution in [0, 0.1) is 11.8 Å². The molecule has 0 aromatic rings. The minimum Gasteiger partial charge on any atom is -0.462 e. The van der Waals surface area contributed by atoms with Crippen LogP contribution in [0.4, 0.5) is 0 Å². The van der Waals surface area contributed by atoms with Gasteiger partial charge in [0.2, 0.25) is 0 Å². The number of carbonyl (C=O) groups is 4. The number of carbonyl (C=O) groups excluding carboxylic acids is 4. The van der Waals surface area contributed by atoms with E-state index in [2.05, 4.69) is 41.5 Å². The fraction of sp³-hybridized carbons (Fsp3) is 0.956. The summed E-state index contributed by atoms with van der Waals surface area (Å²) in [6, 6.07) is 0. The zero-order chi connectivity index (χ0) is 80.6.